The van der Waals surface area contributed by atoms with Crippen LogP contribution in [0, 0.1) is 0 Å². The number of hydrogen-bond donors (Lipinski definition) is 0. The van der Waals surface area contributed by atoms with Crippen molar-refractivity contribution in [1.82, 2.24) is 4.90 Å². The molecule has 3 rings (SSSR count). The van der Waals surface area contributed by atoms with Crippen molar-refractivity contribution in [2.24, 2.45) is 0 Å². The first-order valence-corrected chi connectivity index (χ1v) is 5.91. The summed E-state index contributed by atoms with van der Waals surface area (Å²) in [4.78, 5) is 2.46. The summed E-state index contributed by atoms with van der Waals surface area (Å²) in [6.45, 7) is 6.43. The van der Waals surface area contributed by atoms with Gasteiger partial charge >= 0.3 is 0 Å². The molecule has 0 amide bonds. The minimum Gasteiger partial charge on any atom is -0.379 e. The van der Waals surface area contributed by atoms with E-state index in [4.69, 9.17) is 9.47 Å². The van der Waals surface area contributed by atoms with Crippen molar-refractivity contribution < 1.29 is 9.47 Å². The quantitative estimate of drug-likeness (QED) is 0.835. The smallest absolute Gasteiger partial charge is 0.0728 e. The second-order valence-electron chi connectivity index (χ2n) is 4.44. The molecule has 2 aliphatic rings. The van der Waals surface area contributed by atoms with Crippen molar-refractivity contribution in [2.45, 2.75) is 19.8 Å². The van der Waals surface area contributed by atoms with Crippen molar-refractivity contribution in [3.05, 3.63) is 34.9 Å². The van der Waals surface area contributed by atoms with Gasteiger partial charge in [0.1, 0.15) is 0 Å². The second kappa shape index (κ2) is 7.31. The number of nitrogens with zero attached hydrogens (tertiary/aromatic N) is 1. The summed E-state index contributed by atoms with van der Waals surface area (Å²) >= 11 is 0. The Morgan fingerprint density at radius 2 is 1.78 bits per heavy atom. The molecule has 0 saturated carbocycles. The van der Waals surface area contributed by atoms with Crippen LogP contribution in [0.5, 0.6) is 0 Å². The molecule has 1 saturated heterocycles. The fourth-order valence-electron chi connectivity index (χ4n) is 2.42. The Bertz CT molecular complexity index is 381. The molecule has 102 valence electrons. The lowest BCUT2D eigenvalue weighted by molar-refractivity contribution is 0.0339. The zero-order valence-electron chi connectivity index (χ0n) is 10.3. The maximum absolute atomic E-state index is 5.50. The van der Waals surface area contributed by atoms with Gasteiger partial charge in [-0.2, -0.15) is 0 Å². The maximum Gasteiger partial charge on any atom is 0.0728 e. The zero-order chi connectivity index (χ0) is 10.8. The Morgan fingerprint density at radius 1 is 1.00 bits per heavy atom. The Kier molecular flexibility index (Phi) is 6.39. The van der Waals surface area contributed by atoms with Crippen LogP contribution in [-0.2, 0) is 29.2 Å². The van der Waals surface area contributed by atoms with Crippen LogP contribution in [0.3, 0.4) is 0 Å². The topological polar surface area (TPSA) is 21.7 Å². The van der Waals surface area contributed by atoms with Gasteiger partial charge in [-0.1, -0.05) is 18.2 Å². The Morgan fingerprint density at radius 3 is 2.56 bits per heavy atom. The average molecular weight is 292 g/mol. The molecule has 0 N–H and O–H groups in total. The van der Waals surface area contributed by atoms with Gasteiger partial charge in [0.15, 0.2) is 0 Å². The van der Waals surface area contributed by atoms with Crippen LogP contribution in [0.15, 0.2) is 18.2 Å². The molecule has 0 atom stereocenters. The third kappa shape index (κ3) is 3.37. The van der Waals surface area contributed by atoms with Crippen LogP contribution in [0.25, 0.3) is 0 Å². The number of fused-ring (bicyclic) bond motifs is 1. The van der Waals surface area contributed by atoms with E-state index in [0.29, 0.717) is 0 Å². The van der Waals surface area contributed by atoms with Gasteiger partial charge in [0.25, 0.3) is 0 Å². The van der Waals surface area contributed by atoms with Crippen LogP contribution < -0.4 is 0 Å². The fourth-order valence-corrected chi connectivity index (χ4v) is 2.42. The van der Waals surface area contributed by atoms with E-state index < -0.39 is 0 Å². The molecule has 0 aliphatic carbocycles. The first kappa shape index (κ1) is 15.7. The van der Waals surface area contributed by atoms with E-state index in [1.165, 1.54) is 16.7 Å². The van der Waals surface area contributed by atoms with Gasteiger partial charge < -0.3 is 9.47 Å². The van der Waals surface area contributed by atoms with Crippen molar-refractivity contribution >= 4 is 24.8 Å². The van der Waals surface area contributed by atoms with E-state index in [0.717, 1.165) is 46.1 Å². The number of morpholine rings is 1. The van der Waals surface area contributed by atoms with Crippen molar-refractivity contribution in [1.29, 1.82) is 0 Å². The highest BCUT2D eigenvalue weighted by Gasteiger charge is 2.17. The van der Waals surface area contributed by atoms with Gasteiger partial charge in [0, 0.05) is 19.6 Å². The molecule has 18 heavy (non-hydrogen) atoms. The molecular weight excluding hydrogens is 273 g/mol. The van der Waals surface area contributed by atoms with Gasteiger partial charge in [-0.15, -0.1) is 24.8 Å². The van der Waals surface area contributed by atoms with Crippen molar-refractivity contribution in [3.8, 4) is 0 Å². The van der Waals surface area contributed by atoms with Crippen LogP contribution in [-0.4, -0.2) is 31.2 Å². The summed E-state index contributed by atoms with van der Waals surface area (Å²) in [6.07, 6.45) is 0. The molecule has 1 aromatic carbocycles. The molecular formula is C13H19Cl2NO2. The maximum atomic E-state index is 5.50. The van der Waals surface area contributed by atoms with Crippen LogP contribution in [0.2, 0.25) is 0 Å². The second-order valence-corrected chi connectivity index (χ2v) is 4.44. The van der Waals surface area contributed by atoms with E-state index in [1.807, 2.05) is 0 Å². The van der Waals surface area contributed by atoms with E-state index in [2.05, 4.69) is 23.1 Å². The number of halogens is 2. The molecule has 0 aromatic heterocycles. The zero-order valence-corrected chi connectivity index (χ0v) is 11.9. The van der Waals surface area contributed by atoms with E-state index in [9.17, 15) is 0 Å². The molecule has 2 heterocycles. The molecule has 1 aromatic rings. The average Bonchev–Trinajstić information content (AvgIpc) is 2.80. The van der Waals surface area contributed by atoms with Gasteiger partial charge in [0.2, 0.25) is 0 Å². The molecule has 1 fully saturated rings. The number of rotatable bonds is 2. The minimum absolute atomic E-state index is 0. The largest absolute Gasteiger partial charge is 0.379 e. The molecule has 0 spiro atoms. The van der Waals surface area contributed by atoms with E-state index in [-0.39, 0.29) is 24.8 Å². The monoisotopic (exact) mass is 291 g/mol. The summed E-state index contributed by atoms with van der Waals surface area (Å²) in [6, 6.07) is 6.54. The highest BCUT2D eigenvalue weighted by atomic mass is 35.5. The first-order chi connectivity index (χ1) is 7.93. The molecule has 3 nitrogen and oxygen atoms in total. The summed E-state index contributed by atoms with van der Waals surface area (Å²) in [5.74, 6) is 0. The predicted octanol–water partition coefficient (Wildman–Crippen LogP) is 2.39. The predicted molar refractivity (Wildman–Crippen MR) is 75.5 cm³/mol. The van der Waals surface area contributed by atoms with Gasteiger partial charge in [-0.05, 0) is 16.7 Å². The van der Waals surface area contributed by atoms with E-state index >= 15 is 0 Å². The SMILES string of the molecule is Cl.Cl.c1cc2c(c(CN3CCOCC3)c1)COC2. The lowest BCUT2D eigenvalue weighted by Gasteiger charge is -2.27. The normalized spacial score (nSPS) is 18.7. The minimum atomic E-state index is 0. The fraction of sp³-hybridized carbons (Fsp3) is 0.538. The summed E-state index contributed by atoms with van der Waals surface area (Å²) in [7, 11) is 0. The summed E-state index contributed by atoms with van der Waals surface area (Å²) in [5, 5.41) is 0. The highest BCUT2D eigenvalue weighted by Crippen LogP contribution is 2.24. The Hall–Kier alpha value is -0.320. The number of hydrogen-bond acceptors (Lipinski definition) is 3. The van der Waals surface area contributed by atoms with Crippen molar-refractivity contribution in [2.75, 3.05) is 26.3 Å². The molecule has 0 radical (unpaired) electrons. The summed E-state index contributed by atoms with van der Waals surface area (Å²) in [5.41, 5.74) is 4.21. The number of benzene rings is 1. The molecule has 0 bridgehead atoms. The van der Waals surface area contributed by atoms with Crippen LogP contribution in [0.1, 0.15) is 16.7 Å². The van der Waals surface area contributed by atoms with Gasteiger partial charge in [-0.25, -0.2) is 0 Å². The van der Waals surface area contributed by atoms with Crippen LogP contribution in [0.4, 0.5) is 0 Å². The number of ether oxygens (including phenoxy) is 2. The standard InChI is InChI=1S/C13H17NO2.2ClH/c1-2-11(8-14-4-6-15-7-5-14)13-10-16-9-12(13)3-1;;/h1-3H,4-10H2;2*1H. The highest BCUT2D eigenvalue weighted by molar-refractivity contribution is 5.85. The lowest BCUT2D eigenvalue weighted by Crippen LogP contribution is -2.35. The Balaban J connectivity index is 0.000000810. The molecule has 5 heteroatoms. The molecule has 2 aliphatic heterocycles. The van der Waals surface area contributed by atoms with Gasteiger partial charge in [0.05, 0.1) is 26.4 Å². The first-order valence-electron chi connectivity index (χ1n) is 5.91. The third-order valence-corrected chi connectivity index (χ3v) is 3.37. The van der Waals surface area contributed by atoms with Gasteiger partial charge in [-0.3, -0.25) is 4.90 Å². The van der Waals surface area contributed by atoms with E-state index in [1.54, 1.807) is 0 Å². The third-order valence-electron chi connectivity index (χ3n) is 3.37. The van der Waals surface area contributed by atoms with Crippen LogP contribution >= 0.6 is 24.8 Å². The Labute approximate surface area is 120 Å². The lowest BCUT2D eigenvalue weighted by atomic mass is 10.0. The van der Waals surface area contributed by atoms with Crippen molar-refractivity contribution in [3.63, 3.8) is 0 Å². The molecule has 0 unspecified atom stereocenters. The summed E-state index contributed by atoms with van der Waals surface area (Å²) < 4.78 is 10.9.